The van der Waals surface area contributed by atoms with Crippen LogP contribution in [0.3, 0.4) is 0 Å². The van der Waals surface area contributed by atoms with Crippen molar-refractivity contribution in [3.8, 4) is 5.75 Å². The second kappa shape index (κ2) is 11.7. The maximum absolute atomic E-state index is 12.8. The molecule has 5 aromatic rings. The Bertz CT molecular complexity index is 1800. The van der Waals surface area contributed by atoms with Gasteiger partial charge in [0.2, 0.25) is 0 Å². The lowest BCUT2D eigenvalue weighted by molar-refractivity contribution is 0.0977. The number of aromatic nitrogens is 3. The minimum atomic E-state index is -4.04. The lowest BCUT2D eigenvalue weighted by Crippen LogP contribution is -2.29. The zero-order valence-electron chi connectivity index (χ0n) is 21.5. The number of rotatable bonds is 9. The zero-order chi connectivity index (χ0) is 28.1. The van der Waals surface area contributed by atoms with Crippen LogP contribution in [-0.4, -0.2) is 28.9 Å². The van der Waals surface area contributed by atoms with Crippen molar-refractivity contribution < 1.29 is 17.9 Å². The Morgan fingerprint density at radius 1 is 0.975 bits per heavy atom. The molecule has 5 rings (SSSR count). The van der Waals surface area contributed by atoms with Gasteiger partial charge in [0.1, 0.15) is 29.4 Å². The quantitative estimate of drug-likeness (QED) is 0.241. The molecule has 3 aromatic carbocycles. The van der Waals surface area contributed by atoms with Gasteiger partial charge in [0, 0.05) is 5.02 Å². The smallest absolute Gasteiger partial charge is 0.283 e. The fourth-order valence-electron chi connectivity index (χ4n) is 4.04. The SMILES string of the molecule is Cc1nc2ccc(C(=O)NS(=O)(=O)C=Cc3ccccc3)nc2n1Cc1ccc(OCc2ccccc2)cc1Cl. The molecule has 0 aliphatic rings. The number of amides is 1. The number of fused-ring (bicyclic) bond motifs is 1. The molecule has 1 N–H and O–H groups in total. The van der Waals surface area contributed by atoms with Gasteiger partial charge in [0.15, 0.2) is 5.65 Å². The summed E-state index contributed by atoms with van der Waals surface area (Å²) in [5, 5.41) is 1.46. The van der Waals surface area contributed by atoms with Crippen molar-refractivity contribution in [2.24, 2.45) is 0 Å². The third-order valence-corrected chi connectivity index (χ3v) is 7.41. The van der Waals surface area contributed by atoms with Gasteiger partial charge in [-0.2, -0.15) is 0 Å². The van der Waals surface area contributed by atoms with Gasteiger partial charge >= 0.3 is 0 Å². The van der Waals surface area contributed by atoms with Gasteiger partial charge in [-0.05, 0) is 54.0 Å². The molecular weight excluding hydrogens is 548 g/mol. The zero-order valence-corrected chi connectivity index (χ0v) is 23.1. The van der Waals surface area contributed by atoms with Crippen LogP contribution in [0.15, 0.2) is 96.4 Å². The van der Waals surface area contributed by atoms with Crippen molar-refractivity contribution in [1.82, 2.24) is 19.3 Å². The highest BCUT2D eigenvalue weighted by Crippen LogP contribution is 2.26. The van der Waals surface area contributed by atoms with E-state index >= 15 is 0 Å². The summed E-state index contributed by atoms with van der Waals surface area (Å²) < 4.78 is 34.7. The number of ether oxygens (including phenoxy) is 1. The van der Waals surface area contributed by atoms with Crippen LogP contribution in [0.25, 0.3) is 17.2 Å². The van der Waals surface area contributed by atoms with Gasteiger partial charge in [-0.15, -0.1) is 0 Å². The molecule has 202 valence electrons. The number of halogens is 1. The number of carbonyl (C=O) groups is 1. The van der Waals surface area contributed by atoms with E-state index in [0.717, 1.165) is 16.5 Å². The molecule has 0 radical (unpaired) electrons. The van der Waals surface area contributed by atoms with E-state index in [1.165, 1.54) is 12.1 Å². The second-order valence-electron chi connectivity index (χ2n) is 9.00. The van der Waals surface area contributed by atoms with Gasteiger partial charge < -0.3 is 9.30 Å². The summed E-state index contributed by atoms with van der Waals surface area (Å²) in [5.41, 5.74) is 3.49. The molecule has 0 unspecified atom stereocenters. The first kappa shape index (κ1) is 27.1. The van der Waals surface area contributed by atoms with E-state index < -0.39 is 15.9 Å². The molecule has 0 aliphatic heterocycles. The van der Waals surface area contributed by atoms with Crippen molar-refractivity contribution >= 4 is 44.8 Å². The average molecular weight is 573 g/mol. The Labute approximate surface area is 237 Å². The van der Waals surface area contributed by atoms with E-state index in [0.29, 0.717) is 46.5 Å². The Morgan fingerprint density at radius 2 is 1.70 bits per heavy atom. The monoisotopic (exact) mass is 572 g/mol. The average Bonchev–Trinajstić information content (AvgIpc) is 3.27. The molecule has 0 spiro atoms. The minimum absolute atomic E-state index is 0.0545. The maximum atomic E-state index is 12.8. The van der Waals surface area contributed by atoms with Crippen LogP contribution in [0.1, 0.15) is 33.0 Å². The number of hydrogen-bond acceptors (Lipinski definition) is 6. The van der Waals surface area contributed by atoms with E-state index in [1.54, 1.807) is 36.4 Å². The predicted molar refractivity (Wildman–Crippen MR) is 155 cm³/mol. The number of aryl methyl sites for hydroxylation is 1. The van der Waals surface area contributed by atoms with E-state index in [1.807, 2.05) is 64.7 Å². The lowest BCUT2D eigenvalue weighted by Gasteiger charge is -2.11. The first-order chi connectivity index (χ1) is 19.3. The summed E-state index contributed by atoms with van der Waals surface area (Å²) in [6.07, 6.45) is 1.41. The highest BCUT2D eigenvalue weighted by Gasteiger charge is 2.18. The number of nitrogens with zero attached hydrogens (tertiary/aromatic N) is 3. The molecule has 0 bridgehead atoms. The summed E-state index contributed by atoms with van der Waals surface area (Å²) in [4.78, 5) is 21.8. The number of hydrogen-bond donors (Lipinski definition) is 1. The van der Waals surface area contributed by atoms with E-state index in [2.05, 4.69) is 9.97 Å². The summed E-state index contributed by atoms with van der Waals surface area (Å²) >= 11 is 6.59. The van der Waals surface area contributed by atoms with E-state index in [9.17, 15) is 13.2 Å². The predicted octanol–water partition coefficient (Wildman–Crippen LogP) is 5.75. The van der Waals surface area contributed by atoms with Gasteiger partial charge in [-0.25, -0.2) is 23.1 Å². The summed E-state index contributed by atoms with van der Waals surface area (Å²) in [7, 11) is -4.04. The topological polar surface area (TPSA) is 103 Å². The molecule has 10 heteroatoms. The van der Waals surface area contributed by atoms with Crippen molar-refractivity contribution in [2.75, 3.05) is 0 Å². The molecule has 0 saturated carbocycles. The van der Waals surface area contributed by atoms with Crippen LogP contribution < -0.4 is 9.46 Å². The Balaban J connectivity index is 1.32. The van der Waals surface area contributed by atoms with Crippen LogP contribution in [0, 0.1) is 6.92 Å². The summed E-state index contributed by atoms with van der Waals surface area (Å²) in [6, 6.07) is 27.3. The largest absolute Gasteiger partial charge is 0.489 e. The third-order valence-electron chi connectivity index (χ3n) is 6.09. The first-order valence-corrected chi connectivity index (χ1v) is 14.3. The van der Waals surface area contributed by atoms with E-state index in [4.69, 9.17) is 16.3 Å². The fourth-order valence-corrected chi connectivity index (χ4v) is 5.03. The van der Waals surface area contributed by atoms with Crippen LogP contribution in [0.5, 0.6) is 5.75 Å². The Kier molecular flexibility index (Phi) is 7.95. The number of benzene rings is 3. The number of sulfonamides is 1. The Hall–Kier alpha value is -4.47. The van der Waals surface area contributed by atoms with Crippen molar-refractivity contribution in [2.45, 2.75) is 20.1 Å². The third kappa shape index (κ3) is 6.56. The second-order valence-corrected chi connectivity index (χ2v) is 11.0. The Morgan fingerprint density at radius 3 is 2.42 bits per heavy atom. The number of pyridine rings is 1. The highest BCUT2D eigenvalue weighted by atomic mass is 35.5. The molecule has 0 saturated heterocycles. The molecule has 40 heavy (non-hydrogen) atoms. The fraction of sp³-hybridized carbons (Fsp3) is 0.100. The van der Waals surface area contributed by atoms with Crippen molar-refractivity contribution in [3.63, 3.8) is 0 Å². The minimum Gasteiger partial charge on any atom is -0.489 e. The van der Waals surface area contributed by atoms with Gasteiger partial charge in [0.05, 0.1) is 12.0 Å². The standard InChI is InChI=1S/C30H25ClN4O4S/c1-21-32-27-14-15-28(30(36)34-40(37,38)17-16-22-8-4-2-5-9-22)33-29(27)35(21)19-24-12-13-25(18-26(24)31)39-20-23-10-6-3-7-11-23/h2-18H,19-20H2,1H3,(H,34,36). The van der Waals surface area contributed by atoms with Crippen LogP contribution in [-0.2, 0) is 23.2 Å². The van der Waals surface area contributed by atoms with E-state index in [-0.39, 0.29) is 5.69 Å². The first-order valence-electron chi connectivity index (χ1n) is 12.4. The van der Waals surface area contributed by atoms with Crippen molar-refractivity contribution in [3.05, 3.63) is 130 Å². The number of nitrogens with one attached hydrogen (secondary N) is 1. The highest BCUT2D eigenvalue weighted by molar-refractivity contribution is 7.93. The molecule has 1 amide bonds. The molecule has 0 fully saturated rings. The summed E-state index contributed by atoms with van der Waals surface area (Å²) in [6.45, 7) is 2.59. The molecule has 2 aromatic heterocycles. The number of carbonyl (C=O) groups excluding carboxylic acids is 1. The summed E-state index contributed by atoms with van der Waals surface area (Å²) in [5.74, 6) is 0.464. The molecule has 0 aliphatic carbocycles. The van der Waals surface area contributed by atoms with Crippen LogP contribution >= 0.6 is 11.6 Å². The molecular formula is C30H25ClN4O4S. The maximum Gasteiger partial charge on any atom is 0.283 e. The van der Waals surface area contributed by atoms with Crippen molar-refractivity contribution in [1.29, 1.82) is 0 Å². The number of imidazole rings is 1. The molecule has 2 heterocycles. The normalized spacial score (nSPS) is 11.7. The van der Waals surface area contributed by atoms with Gasteiger partial charge in [-0.3, -0.25) is 4.79 Å². The molecule has 8 nitrogen and oxygen atoms in total. The van der Waals surface area contributed by atoms with Gasteiger partial charge in [-0.1, -0.05) is 78.3 Å². The van der Waals surface area contributed by atoms with Gasteiger partial charge in [0.25, 0.3) is 15.9 Å². The lowest BCUT2D eigenvalue weighted by atomic mass is 10.2. The molecule has 0 atom stereocenters. The van der Waals surface area contributed by atoms with Crippen LogP contribution in [0.4, 0.5) is 0 Å². The van der Waals surface area contributed by atoms with Crippen LogP contribution in [0.2, 0.25) is 5.02 Å².